The molecule has 2 N–H and O–H groups in total. The van der Waals surface area contributed by atoms with Crippen molar-refractivity contribution < 1.29 is 9.59 Å². The van der Waals surface area contributed by atoms with E-state index in [0.29, 0.717) is 12.2 Å². The molecule has 18 heavy (non-hydrogen) atoms. The van der Waals surface area contributed by atoms with Crippen LogP contribution in [0.2, 0.25) is 0 Å². The number of hydrogen-bond acceptors (Lipinski definition) is 4. The van der Waals surface area contributed by atoms with Gasteiger partial charge in [-0.25, -0.2) is 0 Å². The molecule has 1 saturated heterocycles. The summed E-state index contributed by atoms with van der Waals surface area (Å²) in [5.41, 5.74) is 6.49. The minimum atomic E-state index is -0.325. The summed E-state index contributed by atoms with van der Waals surface area (Å²) < 4.78 is 0. The van der Waals surface area contributed by atoms with Gasteiger partial charge in [0.15, 0.2) is 0 Å². The van der Waals surface area contributed by atoms with Gasteiger partial charge in [0.05, 0.1) is 5.25 Å². The lowest BCUT2D eigenvalue weighted by Gasteiger charge is -2.13. The highest BCUT2D eigenvalue weighted by atomic mass is 32.2. The van der Waals surface area contributed by atoms with Crippen LogP contribution in [0, 0.1) is 0 Å². The maximum absolute atomic E-state index is 12.1. The van der Waals surface area contributed by atoms with E-state index >= 15 is 0 Å². The van der Waals surface area contributed by atoms with E-state index < -0.39 is 0 Å². The number of rotatable bonds is 4. The molecular weight excluding hydrogens is 248 g/mol. The standard InChI is InChI=1S/C13H16N2O2S/c1-2-7-15-12(16)8-11(13(15)17)18-10-6-4-3-5-9(10)14/h3-6,11H,2,7-8,14H2,1H3. The highest BCUT2D eigenvalue weighted by Crippen LogP contribution is 2.34. The number of carbonyl (C=O) groups excluding carboxylic acids is 2. The maximum atomic E-state index is 12.1. The van der Waals surface area contributed by atoms with Crippen molar-refractivity contribution in [1.82, 2.24) is 4.90 Å². The molecule has 2 amide bonds. The maximum Gasteiger partial charge on any atom is 0.243 e. The monoisotopic (exact) mass is 264 g/mol. The van der Waals surface area contributed by atoms with Gasteiger partial charge in [0.25, 0.3) is 0 Å². The van der Waals surface area contributed by atoms with Crippen LogP contribution in [-0.2, 0) is 9.59 Å². The summed E-state index contributed by atoms with van der Waals surface area (Å²) in [6.07, 6.45) is 1.07. The van der Waals surface area contributed by atoms with Crippen molar-refractivity contribution in [3.05, 3.63) is 24.3 Å². The first-order chi connectivity index (χ1) is 8.63. The summed E-state index contributed by atoms with van der Waals surface area (Å²) in [6, 6.07) is 7.40. The molecule has 1 aromatic rings. The Hall–Kier alpha value is -1.49. The van der Waals surface area contributed by atoms with Crippen LogP contribution in [-0.4, -0.2) is 28.5 Å². The van der Waals surface area contributed by atoms with Crippen molar-refractivity contribution >= 4 is 29.3 Å². The highest BCUT2D eigenvalue weighted by molar-refractivity contribution is 8.00. The number of nitrogens with zero attached hydrogens (tertiary/aromatic N) is 1. The van der Waals surface area contributed by atoms with E-state index in [1.807, 2.05) is 25.1 Å². The van der Waals surface area contributed by atoms with Crippen LogP contribution in [0.3, 0.4) is 0 Å². The predicted octanol–water partition coefficient (Wildman–Crippen LogP) is 1.90. The molecule has 4 nitrogen and oxygen atoms in total. The van der Waals surface area contributed by atoms with Crippen molar-refractivity contribution in [2.45, 2.75) is 29.9 Å². The number of para-hydroxylation sites is 1. The van der Waals surface area contributed by atoms with Gasteiger partial charge in [-0.3, -0.25) is 14.5 Å². The summed E-state index contributed by atoms with van der Waals surface area (Å²) in [4.78, 5) is 26.0. The first-order valence-corrected chi connectivity index (χ1v) is 6.86. The van der Waals surface area contributed by atoms with Crippen molar-refractivity contribution in [2.75, 3.05) is 12.3 Å². The average molecular weight is 264 g/mol. The smallest absolute Gasteiger partial charge is 0.243 e. The molecule has 1 aliphatic heterocycles. The van der Waals surface area contributed by atoms with Gasteiger partial charge in [-0.1, -0.05) is 19.1 Å². The fraction of sp³-hybridized carbons (Fsp3) is 0.385. The third-order valence-corrected chi connectivity index (χ3v) is 4.12. The zero-order valence-corrected chi connectivity index (χ0v) is 11.1. The van der Waals surface area contributed by atoms with E-state index in [2.05, 4.69) is 0 Å². The molecule has 1 aromatic carbocycles. The zero-order chi connectivity index (χ0) is 13.1. The normalized spacial score (nSPS) is 19.6. The molecule has 1 heterocycles. The van der Waals surface area contributed by atoms with Crippen molar-refractivity contribution in [1.29, 1.82) is 0 Å². The Balaban J connectivity index is 2.10. The largest absolute Gasteiger partial charge is 0.398 e. The van der Waals surface area contributed by atoms with E-state index in [1.165, 1.54) is 16.7 Å². The van der Waals surface area contributed by atoms with E-state index in [-0.39, 0.29) is 23.5 Å². The molecule has 0 aliphatic carbocycles. The molecule has 0 spiro atoms. The number of hydrogen-bond donors (Lipinski definition) is 1. The molecule has 0 aromatic heterocycles. The van der Waals surface area contributed by atoms with Crippen LogP contribution in [0.25, 0.3) is 0 Å². The summed E-state index contributed by atoms with van der Waals surface area (Å²) in [7, 11) is 0. The Morgan fingerprint density at radius 1 is 1.39 bits per heavy atom. The summed E-state index contributed by atoms with van der Waals surface area (Å²) in [6.45, 7) is 2.47. The van der Waals surface area contributed by atoms with Crippen LogP contribution >= 0.6 is 11.8 Å². The zero-order valence-electron chi connectivity index (χ0n) is 10.3. The van der Waals surface area contributed by atoms with Crippen molar-refractivity contribution in [3.8, 4) is 0 Å². The minimum absolute atomic E-state index is 0.0751. The second-order valence-corrected chi connectivity index (χ2v) is 5.48. The number of carbonyl (C=O) groups is 2. The SMILES string of the molecule is CCCN1C(=O)CC(Sc2ccccc2N)C1=O. The number of benzene rings is 1. The van der Waals surface area contributed by atoms with E-state index in [4.69, 9.17) is 5.73 Å². The number of thioether (sulfide) groups is 1. The van der Waals surface area contributed by atoms with E-state index in [0.717, 1.165) is 11.3 Å². The van der Waals surface area contributed by atoms with Crippen LogP contribution in [0.4, 0.5) is 5.69 Å². The van der Waals surface area contributed by atoms with Crippen LogP contribution < -0.4 is 5.73 Å². The molecule has 5 heteroatoms. The van der Waals surface area contributed by atoms with Gasteiger partial charge >= 0.3 is 0 Å². The molecule has 96 valence electrons. The molecule has 1 aliphatic rings. The molecule has 1 unspecified atom stereocenters. The van der Waals surface area contributed by atoms with Crippen LogP contribution in [0.5, 0.6) is 0 Å². The first-order valence-electron chi connectivity index (χ1n) is 5.99. The summed E-state index contributed by atoms with van der Waals surface area (Å²) in [5, 5.41) is -0.325. The third kappa shape index (κ3) is 2.51. The number of likely N-dealkylation sites (tertiary alicyclic amines) is 1. The minimum Gasteiger partial charge on any atom is -0.398 e. The first kappa shape index (κ1) is 13.0. The number of anilines is 1. The van der Waals surface area contributed by atoms with Crippen LogP contribution in [0.1, 0.15) is 19.8 Å². The Kier molecular flexibility index (Phi) is 3.91. The van der Waals surface area contributed by atoms with Gasteiger partial charge < -0.3 is 5.73 Å². The molecule has 0 bridgehead atoms. The third-order valence-electron chi connectivity index (χ3n) is 2.84. The van der Waals surface area contributed by atoms with Gasteiger partial charge in [0.2, 0.25) is 11.8 Å². The number of nitrogens with two attached hydrogens (primary N) is 1. The quantitative estimate of drug-likeness (QED) is 0.666. The lowest BCUT2D eigenvalue weighted by molar-refractivity contribution is -0.138. The molecule has 0 saturated carbocycles. The molecule has 0 radical (unpaired) electrons. The Bertz CT molecular complexity index is 476. The Morgan fingerprint density at radius 3 is 2.78 bits per heavy atom. The number of nitrogen functional groups attached to an aromatic ring is 1. The van der Waals surface area contributed by atoms with E-state index in [9.17, 15) is 9.59 Å². The number of amides is 2. The van der Waals surface area contributed by atoms with Gasteiger partial charge in [0, 0.05) is 23.5 Å². The van der Waals surface area contributed by atoms with Crippen LogP contribution in [0.15, 0.2) is 29.2 Å². The lowest BCUT2D eigenvalue weighted by atomic mass is 10.3. The molecule has 1 atom stereocenters. The topological polar surface area (TPSA) is 63.4 Å². The van der Waals surface area contributed by atoms with Crippen molar-refractivity contribution in [3.63, 3.8) is 0 Å². The second-order valence-electron chi connectivity index (χ2n) is 4.23. The lowest BCUT2D eigenvalue weighted by Crippen LogP contribution is -2.31. The van der Waals surface area contributed by atoms with Gasteiger partial charge in [0.1, 0.15) is 0 Å². The predicted molar refractivity (Wildman–Crippen MR) is 72.1 cm³/mol. The van der Waals surface area contributed by atoms with E-state index in [1.54, 1.807) is 6.07 Å². The molecular formula is C13H16N2O2S. The molecule has 1 fully saturated rings. The number of imide groups is 1. The summed E-state index contributed by atoms with van der Waals surface area (Å²) in [5.74, 6) is -0.163. The van der Waals surface area contributed by atoms with Gasteiger partial charge in [-0.2, -0.15) is 0 Å². The Morgan fingerprint density at radius 2 is 2.11 bits per heavy atom. The van der Waals surface area contributed by atoms with Gasteiger partial charge in [-0.05, 0) is 18.6 Å². The summed E-state index contributed by atoms with van der Waals surface area (Å²) >= 11 is 1.38. The molecule has 2 rings (SSSR count). The van der Waals surface area contributed by atoms with Gasteiger partial charge in [-0.15, -0.1) is 11.8 Å². The highest BCUT2D eigenvalue weighted by Gasteiger charge is 2.38. The van der Waals surface area contributed by atoms with Crippen molar-refractivity contribution in [2.24, 2.45) is 0 Å². The fourth-order valence-electron chi connectivity index (χ4n) is 1.94. The Labute approximate surface area is 111 Å². The fourth-order valence-corrected chi connectivity index (χ4v) is 3.07. The average Bonchev–Trinajstić information content (AvgIpc) is 2.60. The second kappa shape index (κ2) is 5.44.